The van der Waals surface area contributed by atoms with Gasteiger partial charge in [0.05, 0.1) is 21.7 Å². The van der Waals surface area contributed by atoms with Gasteiger partial charge in [0, 0.05) is 18.1 Å². The molecule has 0 bridgehead atoms. The van der Waals surface area contributed by atoms with Crippen LogP contribution in [-0.4, -0.2) is 69.7 Å². The molecule has 2 rings (SSSR count). The molecule has 1 fully saturated rings. The Morgan fingerprint density at radius 1 is 1.00 bits per heavy atom. The average Bonchev–Trinajstić information content (AvgIpc) is 2.96. The van der Waals surface area contributed by atoms with E-state index in [0.29, 0.717) is 6.54 Å². The van der Waals surface area contributed by atoms with Crippen LogP contribution in [-0.2, 0) is 25.1 Å². The summed E-state index contributed by atoms with van der Waals surface area (Å²) < 4.78 is 51.4. The van der Waals surface area contributed by atoms with Crippen molar-refractivity contribution in [2.75, 3.05) is 31.1 Å². The zero-order valence-electron chi connectivity index (χ0n) is 19.4. The number of hydrogen-bond donors (Lipinski definition) is 1. The molecule has 1 N–H and O–H groups in total. The van der Waals surface area contributed by atoms with E-state index in [9.17, 15) is 16.8 Å². The van der Waals surface area contributed by atoms with Gasteiger partial charge in [0.1, 0.15) is 0 Å². The molecular weight excluding hydrogens is 420 g/mol. The first-order valence-corrected chi connectivity index (χ1v) is 14.0. The molecule has 0 saturated carbocycles. The maximum absolute atomic E-state index is 13.3. The number of nitrogens with zero attached hydrogens (tertiary/aromatic N) is 1. The molecule has 1 aromatic rings. The Morgan fingerprint density at radius 3 is 2.00 bits per heavy atom. The highest BCUT2D eigenvalue weighted by atomic mass is 32.2. The van der Waals surface area contributed by atoms with Crippen molar-refractivity contribution in [1.29, 1.82) is 0 Å². The van der Waals surface area contributed by atoms with E-state index >= 15 is 0 Å². The minimum Gasteiger partial charge on any atom is -0.310 e. The van der Waals surface area contributed by atoms with Gasteiger partial charge >= 0.3 is 0 Å². The molecule has 2 atom stereocenters. The van der Waals surface area contributed by atoms with Crippen LogP contribution in [0.15, 0.2) is 29.2 Å². The van der Waals surface area contributed by atoms with Crippen molar-refractivity contribution in [2.45, 2.75) is 75.6 Å². The fourth-order valence-electron chi connectivity index (χ4n) is 4.20. The van der Waals surface area contributed by atoms with E-state index < -0.39 is 31.0 Å². The normalized spacial score (nSPS) is 22.5. The second-order valence-corrected chi connectivity index (χ2v) is 14.2. The Morgan fingerprint density at radius 2 is 1.53 bits per heavy atom. The van der Waals surface area contributed by atoms with Gasteiger partial charge in [-0.3, -0.25) is 4.90 Å². The number of nitrogens with one attached hydrogen (secondary N) is 1. The summed E-state index contributed by atoms with van der Waals surface area (Å²) in [5.74, 6) is -0.481. The van der Waals surface area contributed by atoms with Gasteiger partial charge in [-0.2, -0.15) is 0 Å². The molecule has 0 radical (unpaired) electrons. The zero-order valence-corrected chi connectivity index (χ0v) is 21.0. The Bertz CT molecular complexity index is 926. The van der Waals surface area contributed by atoms with Crippen LogP contribution in [0.4, 0.5) is 0 Å². The maximum Gasteiger partial charge on any atom is 0.183 e. The molecule has 1 heterocycles. The minimum atomic E-state index is -3.78. The summed E-state index contributed by atoms with van der Waals surface area (Å²) in [6.45, 7) is 16.8. The molecule has 8 heteroatoms. The van der Waals surface area contributed by atoms with Crippen molar-refractivity contribution in [1.82, 2.24) is 10.2 Å². The summed E-state index contributed by atoms with van der Waals surface area (Å²) >= 11 is 0. The Hall–Kier alpha value is -0.960. The third-order valence-corrected chi connectivity index (χ3v) is 10.3. The van der Waals surface area contributed by atoms with Crippen LogP contribution in [0.1, 0.15) is 54.0 Å². The standard InChI is InChI=1S/C22H38N2O4S2/c1-8-24(9-2)22(6,7)16-23-19-14-29(25,26)15-20(19)30(27,28)18-12-10-17(11-13-18)21(3,4)5/h10-13,19-20,23H,8-9,14-16H2,1-7H3/t19-,20-/m0/s1. The van der Waals surface area contributed by atoms with Gasteiger partial charge in [-0.25, -0.2) is 16.8 Å². The van der Waals surface area contributed by atoms with Crippen molar-refractivity contribution in [3.8, 4) is 0 Å². The Balaban J connectivity index is 2.28. The van der Waals surface area contributed by atoms with Gasteiger partial charge in [-0.15, -0.1) is 0 Å². The van der Waals surface area contributed by atoms with Crippen LogP contribution in [0.5, 0.6) is 0 Å². The van der Waals surface area contributed by atoms with E-state index in [1.165, 1.54) is 0 Å². The summed E-state index contributed by atoms with van der Waals surface area (Å²) in [6, 6.07) is 6.25. The first-order chi connectivity index (χ1) is 13.6. The van der Waals surface area contributed by atoms with Gasteiger partial charge in [0.25, 0.3) is 0 Å². The van der Waals surface area contributed by atoms with Crippen molar-refractivity contribution in [3.05, 3.63) is 29.8 Å². The predicted molar refractivity (Wildman–Crippen MR) is 124 cm³/mol. The summed E-state index contributed by atoms with van der Waals surface area (Å²) in [4.78, 5) is 2.46. The average molecular weight is 459 g/mol. The molecular formula is C22H38N2O4S2. The first kappa shape index (κ1) is 25.3. The number of benzene rings is 1. The lowest BCUT2D eigenvalue weighted by atomic mass is 9.87. The van der Waals surface area contributed by atoms with Gasteiger partial charge in [0.15, 0.2) is 19.7 Å². The van der Waals surface area contributed by atoms with Crippen LogP contribution >= 0.6 is 0 Å². The molecule has 0 aromatic heterocycles. The fourth-order valence-corrected chi connectivity index (χ4v) is 8.92. The Kier molecular flexibility index (Phi) is 7.49. The van der Waals surface area contributed by atoms with E-state index in [4.69, 9.17) is 0 Å². The quantitative estimate of drug-likeness (QED) is 0.645. The van der Waals surface area contributed by atoms with Gasteiger partial charge in [0.2, 0.25) is 0 Å². The van der Waals surface area contributed by atoms with Crippen LogP contribution < -0.4 is 5.32 Å². The fraction of sp³-hybridized carbons (Fsp3) is 0.727. The SMILES string of the molecule is CCN(CC)C(C)(C)CN[C@H]1CS(=O)(=O)C[C@@H]1S(=O)(=O)c1ccc(C(C)(C)C)cc1. The van der Waals surface area contributed by atoms with E-state index in [1.54, 1.807) is 12.1 Å². The number of rotatable bonds is 8. The first-order valence-electron chi connectivity index (χ1n) is 10.7. The monoisotopic (exact) mass is 458 g/mol. The third-order valence-electron chi connectivity index (χ3n) is 6.16. The topological polar surface area (TPSA) is 83.6 Å². The van der Waals surface area contributed by atoms with Crippen molar-refractivity contribution >= 4 is 19.7 Å². The minimum absolute atomic E-state index is 0.0842. The van der Waals surface area contributed by atoms with Crippen LogP contribution in [0, 0.1) is 0 Å². The van der Waals surface area contributed by atoms with E-state index in [2.05, 4.69) is 58.7 Å². The highest BCUT2D eigenvalue weighted by Gasteiger charge is 2.46. The Labute approximate surface area is 183 Å². The van der Waals surface area contributed by atoms with E-state index in [-0.39, 0.29) is 27.4 Å². The summed E-state index contributed by atoms with van der Waals surface area (Å²) in [5.41, 5.74) is 0.744. The number of sulfone groups is 2. The van der Waals surface area contributed by atoms with Crippen LogP contribution in [0.3, 0.4) is 0 Å². The van der Waals surface area contributed by atoms with Gasteiger partial charge in [-0.05, 0) is 50.0 Å². The largest absolute Gasteiger partial charge is 0.310 e. The molecule has 0 unspecified atom stereocenters. The van der Waals surface area contributed by atoms with Crippen LogP contribution in [0.25, 0.3) is 0 Å². The van der Waals surface area contributed by atoms with Crippen molar-refractivity contribution < 1.29 is 16.8 Å². The third kappa shape index (κ3) is 5.64. The molecule has 0 aliphatic carbocycles. The molecule has 172 valence electrons. The number of hydrogen-bond acceptors (Lipinski definition) is 6. The lowest BCUT2D eigenvalue weighted by Gasteiger charge is -2.38. The number of likely N-dealkylation sites (N-methyl/N-ethyl adjacent to an activating group) is 1. The van der Waals surface area contributed by atoms with Gasteiger partial charge < -0.3 is 5.32 Å². The molecule has 1 aliphatic rings. The molecule has 1 aliphatic heterocycles. The van der Waals surface area contributed by atoms with E-state index in [1.807, 2.05) is 12.1 Å². The second-order valence-electron chi connectivity index (χ2n) is 9.91. The molecule has 1 aromatic carbocycles. The highest BCUT2D eigenvalue weighted by molar-refractivity contribution is 7.96. The lowest BCUT2D eigenvalue weighted by molar-refractivity contribution is 0.130. The van der Waals surface area contributed by atoms with Crippen molar-refractivity contribution in [3.63, 3.8) is 0 Å². The van der Waals surface area contributed by atoms with Gasteiger partial charge in [-0.1, -0.05) is 46.8 Å². The summed E-state index contributed by atoms with van der Waals surface area (Å²) in [6.07, 6.45) is 0. The second kappa shape index (κ2) is 8.88. The smallest absolute Gasteiger partial charge is 0.183 e. The zero-order chi connectivity index (χ0) is 23.0. The summed E-state index contributed by atoms with van der Waals surface area (Å²) in [7, 11) is -7.20. The van der Waals surface area contributed by atoms with Crippen LogP contribution in [0.2, 0.25) is 0 Å². The summed E-state index contributed by atoms with van der Waals surface area (Å²) in [5, 5.41) is 2.31. The lowest BCUT2D eigenvalue weighted by Crippen LogP contribution is -2.54. The molecule has 1 saturated heterocycles. The van der Waals surface area contributed by atoms with E-state index in [0.717, 1.165) is 18.7 Å². The molecule has 0 amide bonds. The predicted octanol–water partition coefficient (Wildman–Crippen LogP) is 2.63. The maximum atomic E-state index is 13.3. The molecule has 30 heavy (non-hydrogen) atoms. The molecule has 0 spiro atoms. The highest BCUT2D eigenvalue weighted by Crippen LogP contribution is 2.29. The van der Waals surface area contributed by atoms with Crippen molar-refractivity contribution in [2.24, 2.45) is 0 Å². The molecule has 6 nitrogen and oxygen atoms in total.